The van der Waals surface area contributed by atoms with E-state index in [0.29, 0.717) is 12.3 Å². The lowest BCUT2D eigenvalue weighted by Gasteiger charge is -2.30. The monoisotopic (exact) mass is 215 g/mol. The van der Waals surface area contributed by atoms with Crippen molar-refractivity contribution in [3.8, 4) is 0 Å². The zero-order chi connectivity index (χ0) is 11.3. The van der Waals surface area contributed by atoms with Gasteiger partial charge in [-0.1, -0.05) is 32.1 Å². The molecule has 0 aliphatic heterocycles. The van der Waals surface area contributed by atoms with Gasteiger partial charge in [-0.3, -0.25) is 0 Å². The van der Waals surface area contributed by atoms with Crippen LogP contribution in [0.2, 0.25) is 0 Å². The Morgan fingerprint density at radius 1 is 1.47 bits per heavy atom. The van der Waals surface area contributed by atoms with Crippen molar-refractivity contribution in [2.45, 2.75) is 44.1 Å². The zero-order valence-electron chi connectivity index (χ0n) is 9.37. The van der Waals surface area contributed by atoms with E-state index in [2.05, 4.69) is 4.74 Å². The van der Waals surface area contributed by atoms with E-state index in [4.69, 9.17) is 5.73 Å². The summed E-state index contributed by atoms with van der Waals surface area (Å²) in [6, 6.07) is 0. The maximum Gasteiger partial charge on any atom is 0.328 e. The molecule has 1 rings (SSSR count). The highest BCUT2D eigenvalue weighted by Crippen LogP contribution is 2.30. The Bertz CT molecular complexity index is 214. The van der Waals surface area contributed by atoms with Gasteiger partial charge in [-0.2, -0.15) is 0 Å². The lowest BCUT2D eigenvalue weighted by molar-refractivity contribution is -0.149. The molecule has 1 aliphatic carbocycles. The standard InChI is InChI=1S/C11H21NO3/c1-15-10(14)11(12,8-13)7-9-5-3-2-4-6-9/h9,13H,2-8,12H2,1H3. The minimum Gasteiger partial charge on any atom is -0.468 e. The van der Waals surface area contributed by atoms with Crippen LogP contribution in [0.25, 0.3) is 0 Å². The van der Waals surface area contributed by atoms with Gasteiger partial charge in [0.25, 0.3) is 0 Å². The number of ether oxygens (including phenoxy) is 1. The average Bonchev–Trinajstić information content (AvgIpc) is 2.29. The van der Waals surface area contributed by atoms with Gasteiger partial charge in [0.2, 0.25) is 0 Å². The van der Waals surface area contributed by atoms with Crippen molar-refractivity contribution in [3.63, 3.8) is 0 Å². The SMILES string of the molecule is COC(=O)C(N)(CO)CC1CCCCC1. The highest BCUT2D eigenvalue weighted by atomic mass is 16.5. The van der Waals surface area contributed by atoms with E-state index < -0.39 is 11.5 Å². The summed E-state index contributed by atoms with van der Waals surface area (Å²) in [5.74, 6) is -0.0504. The molecule has 0 spiro atoms. The summed E-state index contributed by atoms with van der Waals surface area (Å²) in [4.78, 5) is 11.4. The fraction of sp³-hybridized carbons (Fsp3) is 0.909. The van der Waals surface area contributed by atoms with Gasteiger partial charge in [-0.05, 0) is 12.3 Å². The smallest absolute Gasteiger partial charge is 0.328 e. The first-order chi connectivity index (χ1) is 7.12. The van der Waals surface area contributed by atoms with E-state index in [1.54, 1.807) is 0 Å². The maximum atomic E-state index is 11.4. The van der Waals surface area contributed by atoms with Crippen LogP contribution in [0.1, 0.15) is 38.5 Å². The van der Waals surface area contributed by atoms with E-state index >= 15 is 0 Å². The number of nitrogens with two attached hydrogens (primary N) is 1. The van der Waals surface area contributed by atoms with Crippen molar-refractivity contribution in [1.82, 2.24) is 0 Å². The second-order valence-corrected chi connectivity index (χ2v) is 4.51. The number of methoxy groups -OCH3 is 1. The molecule has 0 heterocycles. The summed E-state index contributed by atoms with van der Waals surface area (Å²) in [5.41, 5.74) is 4.66. The van der Waals surface area contributed by atoms with Crippen LogP contribution in [0.15, 0.2) is 0 Å². The summed E-state index contributed by atoms with van der Waals surface area (Å²) in [7, 11) is 1.31. The molecule has 0 aromatic carbocycles. The molecule has 0 radical (unpaired) electrons. The highest BCUT2D eigenvalue weighted by Gasteiger charge is 2.37. The van der Waals surface area contributed by atoms with Gasteiger partial charge in [0, 0.05) is 0 Å². The fourth-order valence-corrected chi connectivity index (χ4v) is 2.32. The van der Waals surface area contributed by atoms with Crippen LogP contribution in [0, 0.1) is 5.92 Å². The van der Waals surface area contributed by atoms with Gasteiger partial charge in [0.1, 0.15) is 5.54 Å². The predicted octanol–water partition coefficient (Wildman–Crippen LogP) is 0.820. The number of carbonyl (C=O) groups is 1. The Labute approximate surface area is 90.8 Å². The Balaban J connectivity index is 2.54. The number of aliphatic hydroxyl groups is 1. The van der Waals surface area contributed by atoms with Crippen LogP contribution in [0.4, 0.5) is 0 Å². The normalized spacial score (nSPS) is 22.1. The molecule has 1 unspecified atom stereocenters. The van der Waals surface area contributed by atoms with Crippen molar-refractivity contribution in [2.24, 2.45) is 11.7 Å². The van der Waals surface area contributed by atoms with E-state index in [0.717, 1.165) is 12.8 Å². The molecule has 1 fully saturated rings. The van der Waals surface area contributed by atoms with Crippen molar-refractivity contribution in [1.29, 1.82) is 0 Å². The van der Waals surface area contributed by atoms with E-state index in [1.807, 2.05) is 0 Å². The molecular weight excluding hydrogens is 194 g/mol. The molecular formula is C11H21NO3. The third-order valence-corrected chi connectivity index (χ3v) is 3.25. The minimum absolute atomic E-state index is 0.337. The molecule has 0 saturated heterocycles. The van der Waals surface area contributed by atoms with E-state index in [-0.39, 0.29) is 6.61 Å². The summed E-state index contributed by atoms with van der Waals surface area (Å²) in [6.45, 7) is -0.337. The number of hydrogen-bond donors (Lipinski definition) is 2. The second-order valence-electron chi connectivity index (χ2n) is 4.51. The average molecular weight is 215 g/mol. The van der Waals surface area contributed by atoms with Gasteiger partial charge in [0.15, 0.2) is 0 Å². The zero-order valence-corrected chi connectivity index (χ0v) is 9.37. The van der Waals surface area contributed by atoms with Crippen molar-refractivity contribution < 1.29 is 14.6 Å². The predicted molar refractivity (Wildman–Crippen MR) is 57.2 cm³/mol. The largest absolute Gasteiger partial charge is 0.468 e. The minimum atomic E-state index is -1.20. The van der Waals surface area contributed by atoms with Crippen LogP contribution in [0.5, 0.6) is 0 Å². The molecule has 88 valence electrons. The fourth-order valence-electron chi connectivity index (χ4n) is 2.32. The van der Waals surface area contributed by atoms with Crippen molar-refractivity contribution in [3.05, 3.63) is 0 Å². The molecule has 1 saturated carbocycles. The summed E-state index contributed by atoms with van der Waals surface area (Å²) >= 11 is 0. The Morgan fingerprint density at radius 2 is 2.07 bits per heavy atom. The van der Waals surface area contributed by atoms with Gasteiger partial charge in [-0.25, -0.2) is 4.79 Å². The maximum absolute atomic E-state index is 11.4. The van der Waals surface area contributed by atoms with Gasteiger partial charge < -0.3 is 15.6 Å². The van der Waals surface area contributed by atoms with E-state index in [9.17, 15) is 9.90 Å². The number of aliphatic hydroxyl groups excluding tert-OH is 1. The second kappa shape index (κ2) is 5.47. The molecule has 3 N–H and O–H groups in total. The molecule has 0 aromatic heterocycles. The molecule has 0 bridgehead atoms. The van der Waals surface area contributed by atoms with Crippen LogP contribution in [-0.2, 0) is 9.53 Å². The third-order valence-electron chi connectivity index (χ3n) is 3.25. The topological polar surface area (TPSA) is 72.5 Å². The molecule has 4 heteroatoms. The molecule has 1 atom stereocenters. The molecule has 15 heavy (non-hydrogen) atoms. The summed E-state index contributed by atoms with van der Waals surface area (Å²) < 4.78 is 4.62. The molecule has 4 nitrogen and oxygen atoms in total. The van der Waals surface area contributed by atoms with Gasteiger partial charge in [0.05, 0.1) is 13.7 Å². The van der Waals surface area contributed by atoms with Gasteiger partial charge >= 0.3 is 5.97 Å². The number of esters is 1. The number of hydrogen-bond acceptors (Lipinski definition) is 4. The summed E-state index contributed by atoms with van der Waals surface area (Å²) in [5, 5.41) is 9.19. The van der Waals surface area contributed by atoms with Crippen LogP contribution in [-0.4, -0.2) is 30.3 Å². The summed E-state index contributed by atoms with van der Waals surface area (Å²) in [6.07, 6.45) is 6.42. The molecule has 0 aromatic rings. The third kappa shape index (κ3) is 3.18. The van der Waals surface area contributed by atoms with Crippen molar-refractivity contribution >= 4 is 5.97 Å². The van der Waals surface area contributed by atoms with Gasteiger partial charge in [-0.15, -0.1) is 0 Å². The molecule has 0 amide bonds. The highest BCUT2D eigenvalue weighted by molar-refractivity contribution is 5.80. The first kappa shape index (κ1) is 12.5. The molecule has 1 aliphatic rings. The van der Waals surface area contributed by atoms with Crippen LogP contribution in [0.3, 0.4) is 0 Å². The van der Waals surface area contributed by atoms with E-state index in [1.165, 1.54) is 26.4 Å². The quantitative estimate of drug-likeness (QED) is 0.681. The number of rotatable bonds is 4. The van der Waals surface area contributed by atoms with Crippen molar-refractivity contribution in [2.75, 3.05) is 13.7 Å². The number of carbonyl (C=O) groups excluding carboxylic acids is 1. The van der Waals surface area contributed by atoms with Crippen LogP contribution < -0.4 is 5.73 Å². The first-order valence-electron chi connectivity index (χ1n) is 5.60. The lowest BCUT2D eigenvalue weighted by Crippen LogP contribution is -2.53. The Morgan fingerprint density at radius 3 is 2.53 bits per heavy atom. The Kier molecular flexibility index (Phi) is 4.54. The lowest BCUT2D eigenvalue weighted by atomic mass is 9.80. The first-order valence-corrected chi connectivity index (χ1v) is 5.60. The van der Waals surface area contributed by atoms with Crippen LogP contribution >= 0.6 is 0 Å². The Hall–Kier alpha value is -0.610.